The van der Waals surface area contributed by atoms with Crippen LogP contribution >= 0.6 is 11.6 Å². The van der Waals surface area contributed by atoms with E-state index in [1.165, 1.54) is 17.0 Å². The molecule has 1 aliphatic rings. The van der Waals surface area contributed by atoms with Crippen LogP contribution in [0.2, 0.25) is 5.02 Å². The topological polar surface area (TPSA) is 67.6 Å². The van der Waals surface area contributed by atoms with Crippen LogP contribution in [0.3, 0.4) is 0 Å². The van der Waals surface area contributed by atoms with Crippen molar-refractivity contribution in [1.82, 2.24) is 4.90 Å². The van der Waals surface area contributed by atoms with E-state index in [2.05, 4.69) is 0 Å². The SMILES string of the molecule is Cc1ccc2c(C)c(C(=O)N(Cc3c(F)cccc3Cl)[C@H]3CCS(=O)(=O)C3)oc2c1C. The molecule has 3 aromatic rings. The summed E-state index contributed by atoms with van der Waals surface area (Å²) in [6, 6.07) is 7.60. The van der Waals surface area contributed by atoms with Gasteiger partial charge < -0.3 is 9.32 Å². The number of carbonyl (C=O) groups is 1. The van der Waals surface area contributed by atoms with E-state index in [-0.39, 0.29) is 40.8 Å². The van der Waals surface area contributed by atoms with Crippen molar-refractivity contribution >= 4 is 38.3 Å². The monoisotopic (exact) mass is 463 g/mol. The molecule has 8 heteroatoms. The van der Waals surface area contributed by atoms with E-state index < -0.39 is 27.6 Å². The number of rotatable bonds is 4. The fourth-order valence-electron chi connectivity index (χ4n) is 4.09. The predicted octanol–water partition coefficient (Wildman–Crippen LogP) is 4.98. The molecule has 1 saturated heterocycles. The number of benzene rings is 2. The third-order valence-corrected chi connectivity index (χ3v) is 8.22. The molecule has 164 valence electrons. The Hall–Kier alpha value is -2.38. The van der Waals surface area contributed by atoms with E-state index >= 15 is 0 Å². The Bertz CT molecular complexity index is 1280. The molecule has 0 unspecified atom stereocenters. The van der Waals surface area contributed by atoms with Crippen molar-refractivity contribution < 1.29 is 22.0 Å². The van der Waals surface area contributed by atoms with Crippen LogP contribution in [0.15, 0.2) is 34.7 Å². The van der Waals surface area contributed by atoms with Crippen LogP contribution in [0.1, 0.15) is 39.2 Å². The van der Waals surface area contributed by atoms with Gasteiger partial charge in [-0.25, -0.2) is 12.8 Å². The lowest BCUT2D eigenvalue weighted by atomic mass is 10.0. The molecule has 5 nitrogen and oxygen atoms in total. The summed E-state index contributed by atoms with van der Waals surface area (Å²) in [7, 11) is -3.27. The Morgan fingerprint density at radius 3 is 2.58 bits per heavy atom. The summed E-state index contributed by atoms with van der Waals surface area (Å²) in [5.41, 5.74) is 3.43. The van der Waals surface area contributed by atoms with Crippen LogP contribution in [-0.2, 0) is 16.4 Å². The lowest BCUT2D eigenvalue weighted by Gasteiger charge is -2.28. The summed E-state index contributed by atoms with van der Waals surface area (Å²) in [6.07, 6.45) is 0.289. The maximum atomic E-state index is 14.5. The molecule has 1 amide bonds. The van der Waals surface area contributed by atoms with Crippen LogP contribution in [0.25, 0.3) is 11.0 Å². The van der Waals surface area contributed by atoms with Gasteiger partial charge in [-0.3, -0.25) is 4.79 Å². The third kappa shape index (κ3) is 3.96. The first-order chi connectivity index (χ1) is 14.6. The average molecular weight is 464 g/mol. The van der Waals surface area contributed by atoms with Gasteiger partial charge in [0.25, 0.3) is 5.91 Å². The molecular weight excluding hydrogens is 441 g/mol. The smallest absolute Gasteiger partial charge is 0.290 e. The second-order valence-corrected chi connectivity index (χ2v) is 10.8. The van der Waals surface area contributed by atoms with Crippen LogP contribution < -0.4 is 0 Å². The minimum absolute atomic E-state index is 0.0101. The molecule has 0 radical (unpaired) electrons. The molecule has 0 bridgehead atoms. The van der Waals surface area contributed by atoms with Crippen molar-refractivity contribution in [3.05, 3.63) is 69.2 Å². The minimum atomic E-state index is -3.27. The van der Waals surface area contributed by atoms with Gasteiger partial charge in [-0.2, -0.15) is 0 Å². The quantitative estimate of drug-likeness (QED) is 0.547. The van der Waals surface area contributed by atoms with Gasteiger partial charge in [-0.15, -0.1) is 0 Å². The molecule has 1 atom stereocenters. The Kier molecular flexibility index (Phi) is 5.60. The maximum Gasteiger partial charge on any atom is 0.290 e. The molecule has 2 heterocycles. The molecule has 1 aliphatic heterocycles. The molecule has 31 heavy (non-hydrogen) atoms. The third-order valence-electron chi connectivity index (χ3n) is 6.12. The summed E-state index contributed by atoms with van der Waals surface area (Å²) >= 11 is 6.20. The first-order valence-electron chi connectivity index (χ1n) is 10.0. The summed E-state index contributed by atoms with van der Waals surface area (Å²) < 4.78 is 44.7. The number of nitrogens with zero attached hydrogens (tertiary/aromatic N) is 1. The molecule has 0 saturated carbocycles. The first-order valence-corrected chi connectivity index (χ1v) is 12.2. The van der Waals surface area contributed by atoms with Crippen LogP contribution in [0.4, 0.5) is 4.39 Å². The van der Waals surface area contributed by atoms with E-state index in [1.807, 2.05) is 26.0 Å². The van der Waals surface area contributed by atoms with Crippen LogP contribution in [0, 0.1) is 26.6 Å². The van der Waals surface area contributed by atoms with Gasteiger partial charge >= 0.3 is 0 Å². The average Bonchev–Trinajstić information content (AvgIpc) is 3.24. The lowest BCUT2D eigenvalue weighted by molar-refractivity contribution is 0.0647. The van der Waals surface area contributed by atoms with Crippen molar-refractivity contribution in [3.8, 4) is 0 Å². The Morgan fingerprint density at radius 1 is 1.19 bits per heavy atom. The standard InChI is InChI=1S/C23H23ClFNO4S/c1-13-7-8-17-15(3)22(30-21(17)14(13)2)23(27)26(16-9-10-31(28,29)12-16)11-18-19(24)5-4-6-20(18)25/h4-8,16H,9-12H2,1-3H3/t16-/m0/s1. The molecule has 2 aromatic carbocycles. The zero-order valence-electron chi connectivity index (χ0n) is 17.5. The number of carbonyl (C=O) groups excluding carboxylic acids is 1. The van der Waals surface area contributed by atoms with Gasteiger partial charge in [0.2, 0.25) is 0 Å². The normalized spacial score (nSPS) is 17.9. The highest BCUT2D eigenvalue weighted by atomic mass is 35.5. The fourth-order valence-corrected chi connectivity index (χ4v) is 6.05. The molecule has 1 fully saturated rings. The summed E-state index contributed by atoms with van der Waals surface area (Å²) in [6.45, 7) is 5.55. The van der Waals surface area contributed by atoms with Crippen LogP contribution in [-0.4, -0.2) is 36.8 Å². The van der Waals surface area contributed by atoms with Gasteiger partial charge in [0.05, 0.1) is 18.1 Å². The lowest BCUT2D eigenvalue weighted by Crippen LogP contribution is -2.41. The summed E-state index contributed by atoms with van der Waals surface area (Å²) in [5.74, 6) is -1.04. The Balaban J connectivity index is 1.80. The molecule has 0 N–H and O–H groups in total. The Labute approximate surface area is 185 Å². The van der Waals surface area contributed by atoms with E-state index in [1.54, 1.807) is 13.0 Å². The number of hydrogen-bond acceptors (Lipinski definition) is 4. The number of amides is 1. The Morgan fingerprint density at radius 2 is 1.94 bits per heavy atom. The van der Waals surface area contributed by atoms with Gasteiger partial charge in [-0.05, 0) is 50.5 Å². The van der Waals surface area contributed by atoms with Gasteiger partial charge in [-0.1, -0.05) is 29.8 Å². The van der Waals surface area contributed by atoms with Gasteiger partial charge in [0.15, 0.2) is 15.6 Å². The van der Waals surface area contributed by atoms with E-state index in [0.29, 0.717) is 11.1 Å². The van der Waals surface area contributed by atoms with Crippen molar-refractivity contribution in [2.45, 2.75) is 39.8 Å². The second kappa shape index (κ2) is 7.95. The highest BCUT2D eigenvalue weighted by molar-refractivity contribution is 7.91. The fraction of sp³-hybridized carbons (Fsp3) is 0.348. The molecule has 0 spiro atoms. The maximum absolute atomic E-state index is 14.5. The largest absolute Gasteiger partial charge is 0.450 e. The predicted molar refractivity (Wildman–Crippen MR) is 119 cm³/mol. The highest BCUT2D eigenvalue weighted by Crippen LogP contribution is 2.32. The van der Waals surface area contributed by atoms with Crippen LogP contribution in [0.5, 0.6) is 0 Å². The first kappa shape index (κ1) is 21.8. The minimum Gasteiger partial charge on any atom is -0.450 e. The van der Waals surface area contributed by atoms with Gasteiger partial charge in [0.1, 0.15) is 11.4 Å². The van der Waals surface area contributed by atoms with Gasteiger partial charge in [0, 0.05) is 27.6 Å². The number of fused-ring (bicyclic) bond motifs is 1. The van der Waals surface area contributed by atoms with E-state index in [9.17, 15) is 17.6 Å². The second-order valence-electron chi connectivity index (χ2n) is 8.13. The van der Waals surface area contributed by atoms with Crippen molar-refractivity contribution in [2.24, 2.45) is 0 Å². The highest BCUT2D eigenvalue weighted by Gasteiger charge is 2.37. The molecule has 0 aliphatic carbocycles. The van der Waals surface area contributed by atoms with Crippen molar-refractivity contribution in [1.29, 1.82) is 0 Å². The zero-order valence-corrected chi connectivity index (χ0v) is 19.1. The van der Waals surface area contributed by atoms with E-state index in [0.717, 1.165) is 16.5 Å². The number of sulfone groups is 1. The van der Waals surface area contributed by atoms with E-state index in [4.69, 9.17) is 16.0 Å². The number of hydrogen-bond donors (Lipinski definition) is 0. The number of halogens is 2. The number of aryl methyl sites for hydroxylation is 3. The molecule has 4 rings (SSSR count). The van der Waals surface area contributed by atoms with Crippen molar-refractivity contribution in [3.63, 3.8) is 0 Å². The zero-order chi connectivity index (χ0) is 22.5. The van der Waals surface area contributed by atoms with Crippen molar-refractivity contribution in [2.75, 3.05) is 11.5 Å². The molecular formula is C23H23ClFNO4S. The summed E-state index contributed by atoms with van der Waals surface area (Å²) in [5, 5.41) is 1.01. The number of furan rings is 1. The molecule has 1 aromatic heterocycles. The summed E-state index contributed by atoms with van der Waals surface area (Å²) in [4.78, 5) is 15.0.